The molecule has 0 aliphatic rings. The van der Waals surface area contributed by atoms with Gasteiger partial charge in [0, 0.05) is 30.0 Å². The number of nitrogens with zero attached hydrogens (tertiary/aromatic N) is 2. The van der Waals surface area contributed by atoms with Crippen LogP contribution >= 0.6 is 15.9 Å². The van der Waals surface area contributed by atoms with E-state index in [0.717, 1.165) is 16.2 Å². The standard InChI is InChI=1S/C13H22BrN3O/c1-12(2,3)11-16-9(14)6-10(17-11)15-7-13(4,5)8-18/h6,18H,7-8H2,1-5H3,(H,15,16,17). The second-order valence-electron chi connectivity index (χ2n) is 6.33. The summed E-state index contributed by atoms with van der Waals surface area (Å²) < 4.78 is 0.770. The number of hydrogen-bond acceptors (Lipinski definition) is 4. The lowest BCUT2D eigenvalue weighted by molar-refractivity contribution is 0.170. The normalized spacial score (nSPS) is 12.6. The van der Waals surface area contributed by atoms with Gasteiger partial charge in [0.25, 0.3) is 0 Å². The lowest BCUT2D eigenvalue weighted by Crippen LogP contribution is -2.27. The smallest absolute Gasteiger partial charge is 0.137 e. The first-order valence-electron chi connectivity index (χ1n) is 6.04. The Morgan fingerprint density at radius 2 is 1.83 bits per heavy atom. The van der Waals surface area contributed by atoms with Crippen LogP contribution in [0.25, 0.3) is 0 Å². The van der Waals surface area contributed by atoms with Gasteiger partial charge in [0.2, 0.25) is 0 Å². The van der Waals surface area contributed by atoms with Gasteiger partial charge in [-0.15, -0.1) is 0 Å². The van der Waals surface area contributed by atoms with E-state index in [1.165, 1.54) is 0 Å². The van der Waals surface area contributed by atoms with Crippen LogP contribution in [0.5, 0.6) is 0 Å². The molecule has 0 fully saturated rings. The van der Waals surface area contributed by atoms with Crippen LogP contribution in [-0.4, -0.2) is 28.2 Å². The molecular weight excluding hydrogens is 294 g/mol. The Morgan fingerprint density at radius 1 is 1.22 bits per heavy atom. The molecule has 0 amide bonds. The molecule has 0 atom stereocenters. The fourth-order valence-corrected chi connectivity index (χ4v) is 1.61. The molecule has 5 heteroatoms. The van der Waals surface area contributed by atoms with Crippen LogP contribution in [0.3, 0.4) is 0 Å². The number of nitrogens with one attached hydrogen (secondary N) is 1. The van der Waals surface area contributed by atoms with E-state index in [4.69, 9.17) is 0 Å². The molecule has 0 bridgehead atoms. The minimum absolute atomic E-state index is 0.0906. The number of aliphatic hydroxyl groups is 1. The molecule has 18 heavy (non-hydrogen) atoms. The number of rotatable bonds is 4. The zero-order valence-corrected chi connectivity index (χ0v) is 13.3. The quantitative estimate of drug-likeness (QED) is 0.839. The predicted octanol–water partition coefficient (Wildman–Crippen LogP) is 2.97. The highest BCUT2D eigenvalue weighted by atomic mass is 79.9. The van der Waals surface area contributed by atoms with Gasteiger partial charge in [-0.1, -0.05) is 34.6 Å². The van der Waals surface area contributed by atoms with Crippen LogP contribution in [0.15, 0.2) is 10.7 Å². The highest BCUT2D eigenvalue weighted by Gasteiger charge is 2.20. The summed E-state index contributed by atoms with van der Waals surface area (Å²) in [5.74, 6) is 1.57. The second-order valence-corrected chi connectivity index (χ2v) is 7.14. The van der Waals surface area contributed by atoms with Gasteiger partial charge in [-0.2, -0.15) is 0 Å². The van der Waals surface area contributed by atoms with Crippen LogP contribution in [0, 0.1) is 5.41 Å². The summed E-state index contributed by atoms with van der Waals surface area (Å²) >= 11 is 3.40. The Morgan fingerprint density at radius 3 is 2.33 bits per heavy atom. The average Bonchev–Trinajstić information content (AvgIpc) is 2.25. The third kappa shape index (κ3) is 4.53. The molecule has 1 rings (SSSR count). The first kappa shape index (κ1) is 15.4. The van der Waals surface area contributed by atoms with Crippen LogP contribution in [0.4, 0.5) is 5.82 Å². The topological polar surface area (TPSA) is 58.0 Å². The van der Waals surface area contributed by atoms with Gasteiger partial charge >= 0.3 is 0 Å². The molecular formula is C13H22BrN3O. The Kier molecular flexibility index (Phi) is 4.72. The Labute approximate surface area is 117 Å². The number of halogens is 1. The van der Waals surface area contributed by atoms with Crippen molar-refractivity contribution in [3.05, 3.63) is 16.5 Å². The highest BCUT2D eigenvalue weighted by molar-refractivity contribution is 9.10. The maximum Gasteiger partial charge on any atom is 0.137 e. The fourth-order valence-electron chi connectivity index (χ4n) is 1.23. The molecule has 0 aliphatic carbocycles. The molecule has 1 aromatic heterocycles. The summed E-state index contributed by atoms with van der Waals surface area (Å²) in [4.78, 5) is 8.89. The summed E-state index contributed by atoms with van der Waals surface area (Å²) in [6, 6.07) is 1.85. The Balaban J connectivity index is 2.88. The van der Waals surface area contributed by atoms with E-state index in [1.807, 2.05) is 19.9 Å². The molecule has 0 spiro atoms. The van der Waals surface area contributed by atoms with Gasteiger partial charge in [0.15, 0.2) is 0 Å². The SMILES string of the molecule is CC(C)(CO)CNc1cc(Br)nc(C(C)(C)C)n1. The Hall–Kier alpha value is -0.680. The summed E-state index contributed by atoms with van der Waals surface area (Å²) in [6.07, 6.45) is 0. The number of anilines is 1. The van der Waals surface area contributed by atoms with Gasteiger partial charge < -0.3 is 10.4 Å². The molecule has 102 valence electrons. The van der Waals surface area contributed by atoms with E-state index in [2.05, 4.69) is 52.0 Å². The van der Waals surface area contributed by atoms with Crippen molar-refractivity contribution in [2.75, 3.05) is 18.5 Å². The molecule has 1 aromatic rings. The van der Waals surface area contributed by atoms with E-state index < -0.39 is 0 Å². The molecule has 0 aliphatic heterocycles. The largest absolute Gasteiger partial charge is 0.396 e. The number of aromatic nitrogens is 2. The Bertz CT molecular complexity index is 413. The zero-order chi connectivity index (χ0) is 14.0. The zero-order valence-electron chi connectivity index (χ0n) is 11.7. The predicted molar refractivity (Wildman–Crippen MR) is 77.8 cm³/mol. The van der Waals surface area contributed by atoms with Crippen molar-refractivity contribution in [3.8, 4) is 0 Å². The van der Waals surface area contributed by atoms with Crippen LogP contribution in [0.2, 0.25) is 0 Å². The van der Waals surface area contributed by atoms with E-state index in [0.29, 0.717) is 6.54 Å². The second kappa shape index (κ2) is 5.53. The summed E-state index contributed by atoms with van der Waals surface area (Å²) in [7, 11) is 0. The lowest BCUT2D eigenvalue weighted by Gasteiger charge is -2.23. The average molecular weight is 316 g/mol. The van der Waals surface area contributed by atoms with Crippen LogP contribution in [-0.2, 0) is 5.41 Å². The van der Waals surface area contributed by atoms with Gasteiger partial charge in [0.1, 0.15) is 16.2 Å². The summed E-state index contributed by atoms with van der Waals surface area (Å²) in [5, 5.41) is 12.5. The van der Waals surface area contributed by atoms with Crippen molar-refractivity contribution in [1.82, 2.24) is 9.97 Å². The van der Waals surface area contributed by atoms with E-state index >= 15 is 0 Å². The fraction of sp³-hybridized carbons (Fsp3) is 0.692. The molecule has 0 unspecified atom stereocenters. The van der Waals surface area contributed by atoms with Crippen molar-refractivity contribution in [2.24, 2.45) is 5.41 Å². The summed E-state index contributed by atoms with van der Waals surface area (Å²) in [6.45, 7) is 11.0. The monoisotopic (exact) mass is 315 g/mol. The van der Waals surface area contributed by atoms with Gasteiger partial charge in [-0.3, -0.25) is 0 Å². The van der Waals surface area contributed by atoms with E-state index in [-0.39, 0.29) is 17.4 Å². The maximum absolute atomic E-state index is 9.23. The number of aliphatic hydroxyl groups excluding tert-OH is 1. The van der Waals surface area contributed by atoms with Crippen LogP contribution < -0.4 is 5.32 Å². The molecule has 4 nitrogen and oxygen atoms in total. The maximum atomic E-state index is 9.23. The molecule has 0 saturated heterocycles. The van der Waals surface area contributed by atoms with Crippen molar-refractivity contribution in [3.63, 3.8) is 0 Å². The summed E-state index contributed by atoms with van der Waals surface area (Å²) in [5.41, 5.74) is -0.258. The third-order valence-electron chi connectivity index (χ3n) is 2.54. The minimum atomic E-state index is -0.167. The third-order valence-corrected chi connectivity index (χ3v) is 2.95. The molecule has 2 N–H and O–H groups in total. The number of hydrogen-bond donors (Lipinski definition) is 2. The highest BCUT2D eigenvalue weighted by Crippen LogP contribution is 2.23. The van der Waals surface area contributed by atoms with Crippen molar-refractivity contribution < 1.29 is 5.11 Å². The minimum Gasteiger partial charge on any atom is -0.396 e. The van der Waals surface area contributed by atoms with Crippen molar-refractivity contribution in [1.29, 1.82) is 0 Å². The van der Waals surface area contributed by atoms with E-state index in [9.17, 15) is 5.11 Å². The van der Waals surface area contributed by atoms with Gasteiger partial charge in [0.05, 0.1) is 0 Å². The first-order valence-corrected chi connectivity index (χ1v) is 6.83. The first-order chi connectivity index (χ1) is 8.14. The van der Waals surface area contributed by atoms with Gasteiger partial charge in [-0.25, -0.2) is 9.97 Å². The van der Waals surface area contributed by atoms with Crippen molar-refractivity contribution in [2.45, 2.75) is 40.0 Å². The molecule has 0 aromatic carbocycles. The molecule has 1 heterocycles. The van der Waals surface area contributed by atoms with E-state index in [1.54, 1.807) is 0 Å². The van der Waals surface area contributed by atoms with Crippen molar-refractivity contribution >= 4 is 21.7 Å². The van der Waals surface area contributed by atoms with Crippen LogP contribution in [0.1, 0.15) is 40.4 Å². The lowest BCUT2D eigenvalue weighted by atomic mass is 9.95. The van der Waals surface area contributed by atoms with Gasteiger partial charge in [-0.05, 0) is 15.9 Å². The molecule has 0 saturated carbocycles. The molecule has 0 radical (unpaired) electrons.